The Morgan fingerprint density at radius 3 is 2.81 bits per heavy atom. The van der Waals surface area contributed by atoms with Gasteiger partial charge in [0.2, 0.25) is 0 Å². The molecule has 0 atom stereocenters. The fourth-order valence-electron chi connectivity index (χ4n) is 2.19. The first kappa shape index (κ1) is 13.3. The Hall–Kier alpha value is -2.70. The van der Waals surface area contributed by atoms with Crippen molar-refractivity contribution in [2.24, 2.45) is 0 Å². The van der Waals surface area contributed by atoms with Crippen molar-refractivity contribution in [1.82, 2.24) is 14.9 Å². The van der Waals surface area contributed by atoms with E-state index in [9.17, 15) is 9.65 Å². The lowest BCUT2D eigenvalue weighted by Gasteiger charge is -2.12. The number of aromatic nitrogens is 2. The van der Waals surface area contributed by atoms with Gasteiger partial charge in [0.1, 0.15) is 24.3 Å². The number of benzene rings is 1. The first-order valence-electron chi connectivity index (χ1n) is 6.62. The van der Waals surface area contributed by atoms with E-state index in [2.05, 4.69) is 10.3 Å². The van der Waals surface area contributed by atoms with E-state index in [-0.39, 0.29) is 17.2 Å². The monoisotopic (exact) mass is 281 g/mol. The van der Waals surface area contributed by atoms with Gasteiger partial charge in [0.15, 0.2) is 11.4 Å². The second kappa shape index (κ2) is 5.35. The van der Waals surface area contributed by atoms with E-state index in [1.807, 2.05) is 12.1 Å². The van der Waals surface area contributed by atoms with Crippen molar-refractivity contribution in [3.05, 3.63) is 47.3 Å². The van der Waals surface area contributed by atoms with Gasteiger partial charge in [0.05, 0.1) is 5.69 Å². The van der Waals surface area contributed by atoms with Gasteiger partial charge in [-0.15, -0.1) is 0 Å². The Balaban J connectivity index is 2.03. The molecule has 0 bridgehead atoms. The molecule has 3 rings (SSSR count). The predicted octanol–water partition coefficient (Wildman–Crippen LogP) is 2.01. The maximum atomic E-state index is 13.5. The molecule has 1 fully saturated rings. The molecule has 2 aromatic rings. The van der Waals surface area contributed by atoms with Crippen LogP contribution in [0.3, 0.4) is 0 Å². The van der Waals surface area contributed by atoms with Crippen molar-refractivity contribution in [3.8, 4) is 17.8 Å². The fourth-order valence-corrected chi connectivity index (χ4v) is 2.19. The summed E-state index contributed by atoms with van der Waals surface area (Å²) in [6.45, 7) is 0.517. The number of nitrogens with one attached hydrogen (secondary N) is 1. The molecule has 0 radical (unpaired) electrons. The van der Waals surface area contributed by atoms with E-state index in [4.69, 9.17) is 5.26 Å². The molecule has 1 aromatic carbocycles. The topological polar surface area (TPSA) is 77.4 Å². The lowest BCUT2D eigenvalue weighted by molar-refractivity contribution is 0.618. The molecule has 1 aliphatic rings. The molecule has 21 heavy (non-hydrogen) atoms. The van der Waals surface area contributed by atoms with Crippen LogP contribution < -0.4 is 5.32 Å². The molecule has 104 valence electrons. The summed E-state index contributed by atoms with van der Waals surface area (Å²) >= 11 is 0. The largest absolute Gasteiger partial charge is 0.310 e. The van der Waals surface area contributed by atoms with Crippen molar-refractivity contribution < 1.29 is 4.39 Å². The number of imidazole rings is 1. The Kier molecular flexibility index (Phi) is 3.39. The van der Waals surface area contributed by atoms with Gasteiger partial charge in [-0.25, -0.2) is 9.37 Å². The molecule has 0 saturated heterocycles. The predicted molar refractivity (Wildman–Crippen MR) is 72.8 cm³/mol. The number of nitriles is 2. The highest BCUT2D eigenvalue weighted by atomic mass is 19.1. The number of nitrogens with zero attached hydrogens (tertiary/aromatic N) is 4. The van der Waals surface area contributed by atoms with E-state index in [1.54, 1.807) is 6.07 Å². The highest BCUT2D eigenvalue weighted by molar-refractivity contribution is 5.48. The minimum atomic E-state index is -0.328. The molecule has 0 amide bonds. The highest BCUT2D eigenvalue weighted by Gasteiger charge is 2.21. The second-order valence-electron chi connectivity index (χ2n) is 4.96. The SMILES string of the molecule is N#Cc1ncn(-c2ccc(F)cc2CNC2CC2)c1C#N. The summed E-state index contributed by atoms with van der Waals surface area (Å²) in [6, 6.07) is 8.73. The molecular formula is C15H12FN5. The summed E-state index contributed by atoms with van der Waals surface area (Å²) in [6.07, 6.45) is 3.69. The summed E-state index contributed by atoms with van der Waals surface area (Å²) in [7, 11) is 0. The standard InChI is InChI=1S/C15H12FN5/c16-11-1-4-14(10(5-11)8-19-12-2-3-12)21-9-20-13(6-17)15(21)7-18/h1,4-5,9,12,19H,2-3,8H2. The van der Waals surface area contributed by atoms with Crippen molar-refractivity contribution in [2.75, 3.05) is 0 Å². The van der Waals surface area contributed by atoms with E-state index in [0.29, 0.717) is 18.3 Å². The molecule has 0 unspecified atom stereocenters. The van der Waals surface area contributed by atoms with Gasteiger partial charge in [-0.2, -0.15) is 10.5 Å². The van der Waals surface area contributed by atoms with Gasteiger partial charge in [0, 0.05) is 12.6 Å². The fraction of sp³-hybridized carbons (Fsp3) is 0.267. The Morgan fingerprint density at radius 2 is 2.14 bits per heavy atom. The van der Waals surface area contributed by atoms with Crippen LogP contribution in [0, 0.1) is 28.5 Å². The summed E-state index contributed by atoms with van der Waals surface area (Å²) in [5, 5.41) is 21.5. The molecule has 1 heterocycles. The molecular weight excluding hydrogens is 269 g/mol. The smallest absolute Gasteiger partial charge is 0.177 e. The van der Waals surface area contributed by atoms with Crippen LogP contribution >= 0.6 is 0 Å². The molecule has 1 N–H and O–H groups in total. The highest BCUT2D eigenvalue weighted by Crippen LogP contribution is 2.23. The third-order valence-electron chi connectivity index (χ3n) is 3.44. The summed E-state index contributed by atoms with van der Waals surface area (Å²) < 4.78 is 15.0. The van der Waals surface area contributed by atoms with Crippen LogP contribution in [0.25, 0.3) is 5.69 Å². The lowest BCUT2D eigenvalue weighted by atomic mass is 10.1. The first-order valence-corrected chi connectivity index (χ1v) is 6.62. The second-order valence-corrected chi connectivity index (χ2v) is 4.96. The van der Waals surface area contributed by atoms with Crippen molar-refractivity contribution in [2.45, 2.75) is 25.4 Å². The Morgan fingerprint density at radius 1 is 1.33 bits per heavy atom. The summed E-state index contributed by atoms with van der Waals surface area (Å²) in [5.74, 6) is -0.328. The van der Waals surface area contributed by atoms with E-state index < -0.39 is 0 Å². The van der Waals surface area contributed by atoms with E-state index >= 15 is 0 Å². The minimum Gasteiger partial charge on any atom is -0.310 e. The summed E-state index contributed by atoms with van der Waals surface area (Å²) in [4.78, 5) is 3.92. The summed E-state index contributed by atoms with van der Waals surface area (Å²) in [5.41, 5.74) is 1.63. The molecule has 1 aromatic heterocycles. The van der Waals surface area contributed by atoms with Crippen LogP contribution in [0.2, 0.25) is 0 Å². The number of halogens is 1. The molecule has 5 nitrogen and oxygen atoms in total. The van der Waals surface area contributed by atoms with Crippen molar-refractivity contribution in [3.63, 3.8) is 0 Å². The third kappa shape index (κ3) is 2.62. The van der Waals surface area contributed by atoms with Gasteiger partial charge in [0.25, 0.3) is 0 Å². The van der Waals surface area contributed by atoms with Crippen LogP contribution in [0.15, 0.2) is 24.5 Å². The zero-order chi connectivity index (χ0) is 14.8. The van der Waals surface area contributed by atoms with Gasteiger partial charge in [-0.05, 0) is 36.6 Å². The average molecular weight is 281 g/mol. The lowest BCUT2D eigenvalue weighted by Crippen LogP contribution is -2.17. The van der Waals surface area contributed by atoms with Gasteiger partial charge < -0.3 is 5.32 Å². The molecule has 1 saturated carbocycles. The average Bonchev–Trinajstić information content (AvgIpc) is 3.23. The first-order chi connectivity index (χ1) is 10.2. The molecule has 0 spiro atoms. The quantitative estimate of drug-likeness (QED) is 0.929. The van der Waals surface area contributed by atoms with Gasteiger partial charge >= 0.3 is 0 Å². The van der Waals surface area contributed by atoms with Crippen LogP contribution in [0.4, 0.5) is 4.39 Å². The number of rotatable bonds is 4. The van der Waals surface area contributed by atoms with Crippen LogP contribution in [0.1, 0.15) is 29.8 Å². The number of hydrogen-bond donors (Lipinski definition) is 1. The minimum absolute atomic E-state index is 0.0722. The zero-order valence-corrected chi connectivity index (χ0v) is 11.2. The van der Waals surface area contributed by atoms with Crippen molar-refractivity contribution >= 4 is 0 Å². The molecule has 1 aliphatic carbocycles. The number of hydrogen-bond acceptors (Lipinski definition) is 4. The van der Waals surface area contributed by atoms with E-state index in [0.717, 1.165) is 18.4 Å². The van der Waals surface area contributed by atoms with Gasteiger partial charge in [-0.3, -0.25) is 4.57 Å². The maximum Gasteiger partial charge on any atom is 0.177 e. The van der Waals surface area contributed by atoms with Crippen LogP contribution in [-0.2, 0) is 6.54 Å². The molecule has 0 aliphatic heterocycles. The third-order valence-corrected chi connectivity index (χ3v) is 3.44. The maximum absolute atomic E-state index is 13.5. The van der Waals surface area contributed by atoms with E-state index in [1.165, 1.54) is 23.0 Å². The normalized spacial score (nSPS) is 13.7. The van der Waals surface area contributed by atoms with Gasteiger partial charge in [-0.1, -0.05) is 0 Å². The van der Waals surface area contributed by atoms with Crippen LogP contribution in [-0.4, -0.2) is 15.6 Å². The Labute approximate surface area is 121 Å². The Bertz CT molecular complexity index is 761. The zero-order valence-electron chi connectivity index (χ0n) is 11.2. The van der Waals surface area contributed by atoms with Crippen LogP contribution in [0.5, 0.6) is 0 Å². The molecule has 6 heteroatoms. The van der Waals surface area contributed by atoms with Crippen molar-refractivity contribution in [1.29, 1.82) is 10.5 Å².